The van der Waals surface area contributed by atoms with Crippen LogP contribution >= 0.6 is 0 Å². The largest absolute Gasteiger partial charge is 0.494 e. The van der Waals surface area contributed by atoms with Crippen molar-refractivity contribution in [1.82, 2.24) is 0 Å². The van der Waals surface area contributed by atoms with Crippen molar-refractivity contribution in [2.75, 3.05) is 18.5 Å². The first-order valence-corrected chi connectivity index (χ1v) is 6.52. The van der Waals surface area contributed by atoms with Gasteiger partial charge in [0.25, 0.3) is 5.92 Å². The smallest absolute Gasteiger partial charge is 0.290 e. The molecule has 106 valence electrons. The zero-order chi connectivity index (χ0) is 14.4. The van der Waals surface area contributed by atoms with E-state index in [2.05, 4.69) is 5.32 Å². The summed E-state index contributed by atoms with van der Waals surface area (Å²) in [6.45, 7) is 1.97. The van der Waals surface area contributed by atoms with Crippen LogP contribution in [0.3, 0.4) is 0 Å². The lowest BCUT2D eigenvalue weighted by Crippen LogP contribution is -2.24. The standard InChI is InChI=1S/C16H17F2NO/c1-2-20-15-10-6-9-14(11-15)19-12-16(17,18)13-7-4-3-5-8-13/h3-11,19H,2,12H2,1H3. The molecule has 2 rings (SSSR count). The number of benzene rings is 2. The minimum absolute atomic E-state index is 0.00784. The molecule has 1 N–H and O–H groups in total. The molecule has 0 aromatic heterocycles. The molecule has 0 amide bonds. The second-order valence-electron chi connectivity index (χ2n) is 4.38. The van der Waals surface area contributed by atoms with E-state index in [9.17, 15) is 8.78 Å². The predicted molar refractivity (Wildman–Crippen MR) is 76.4 cm³/mol. The Bertz CT molecular complexity index is 543. The van der Waals surface area contributed by atoms with Crippen molar-refractivity contribution in [2.24, 2.45) is 0 Å². The summed E-state index contributed by atoms with van der Waals surface area (Å²) in [7, 11) is 0. The highest BCUT2D eigenvalue weighted by atomic mass is 19.3. The van der Waals surface area contributed by atoms with Gasteiger partial charge in [-0.05, 0) is 19.1 Å². The average molecular weight is 277 g/mol. The molecule has 0 fully saturated rings. The zero-order valence-corrected chi connectivity index (χ0v) is 11.3. The van der Waals surface area contributed by atoms with Crippen molar-refractivity contribution in [2.45, 2.75) is 12.8 Å². The number of rotatable bonds is 6. The maximum atomic E-state index is 14.0. The number of halogens is 2. The van der Waals surface area contributed by atoms with Crippen LogP contribution in [0.15, 0.2) is 54.6 Å². The van der Waals surface area contributed by atoms with E-state index in [4.69, 9.17) is 4.74 Å². The molecule has 0 aliphatic rings. The fraction of sp³-hybridized carbons (Fsp3) is 0.250. The summed E-state index contributed by atoms with van der Waals surface area (Å²) in [5.74, 6) is -2.25. The molecule has 0 saturated heterocycles. The lowest BCUT2D eigenvalue weighted by Gasteiger charge is -2.18. The molecule has 0 aliphatic carbocycles. The first-order chi connectivity index (χ1) is 9.62. The number of ether oxygens (including phenoxy) is 1. The zero-order valence-electron chi connectivity index (χ0n) is 11.3. The Labute approximate surface area is 117 Å². The third-order valence-corrected chi connectivity index (χ3v) is 2.86. The third-order valence-electron chi connectivity index (χ3n) is 2.86. The highest BCUT2D eigenvalue weighted by Crippen LogP contribution is 2.28. The van der Waals surface area contributed by atoms with E-state index >= 15 is 0 Å². The monoisotopic (exact) mass is 277 g/mol. The van der Waals surface area contributed by atoms with E-state index in [0.29, 0.717) is 18.0 Å². The number of nitrogens with one attached hydrogen (secondary N) is 1. The minimum atomic E-state index is -2.91. The van der Waals surface area contributed by atoms with Gasteiger partial charge in [0, 0.05) is 17.3 Å². The Kier molecular flexibility index (Phi) is 4.56. The van der Waals surface area contributed by atoms with Gasteiger partial charge in [-0.15, -0.1) is 0 Å². The van der Waals surface area contributed by atoms with E-state index < -0.39 is 12.5 Å². The van der Waals surface area contributed by atoms with Crippen LogP contribution < -0.4 is 10.1 Å². The summed E-state index contributed by atoms with van der Waals surface area (Å²) in [5.41, 5.74) is 0.625. The van der Waals surface area contributed by atoms with E-state index in [-0.39, 0.29) is 5.56 Å². The summed E-state index contributed by atoms with van der Waals surface area (Å²) in [6.07, 6.45) is 0. The van der Waals surface area contributed by atoms with Gasteiger partial charge in [-0.3, -0.25) is 0 Å². The molecule has 20 heavy (non-hydrogen) atoms. The van der Waals surface area contributed by atoms with Crippen molar-refractivity contribution in [3.63, 3.8) is 0 Å². The summed E-state index contributed by atoms with van der Waals surface area (Å²) in [6, 6.07) is 14.8. The molecule has 0 unspecified atom stereocenters. The molecular weight excluding hydrogens is 260 g/mol. The van der Waals surface area contributed by atoms with Gasteiger partial charge < -0.3 is 10.1 Å². The number of hydrogen-bond donors (Lipinski definition) is 1. The second-order valence-corrected chi connectivity index (χ2v) is 4.38. The van der Waals surface area contributed by atoms with Crippen LogP contribution in [0.2, 0.25) is 0 Å². The van der Waals surface area contributed by atoms with Crippen LogP contribution in [0.4, 0.5) is 14.5 Å². The van der Waals surface area contributed by atoms with Gasteiger partial charge in [-0.1, -0.05) is 36.4 Å². The summed E-state index contributed by atoms with van der Waals surface area (Å²) in [4.78, 5) is 0. The van der Waals surface area contributed by atoms with Crippen LogP contribution in [0.5, 0.6) is 5.75 Å². The van der Waals surface area contributed by atoms with Gasteiger partial charge in [0.05, 0.1) is 13.2 Å². The Balaban J connectivity index is 2.02. The Morgan fingerprint density at radius 2 is 1.80 bits per heavy atom. The highest BCUT2D eigenvalue weighted by molar-refractivity contribution is 5.48. The van der Waals surface area contributed by atoms with Gasteiger partial charge in [-0.2, -0.15) is 8.78 Å². The van der Waals surface area contributed by atoms with Crippen LogP contribution in [0, 0.1) is 0 Å². The molecule has 2 aromatic rings. The Hall–Kier alpha value is -2.10. The predicted octanol–water partition coefficient (Wildman–Crippen LogP) is 4.29. The van der Waals surface area contributed by atoms with E-state index in [1.54, 1.807) is 42.5 Å². The van der Waals surface area contributed by atoms with Gasteiger partial charge >= 0.3 is 0 Å². The third kappa shape index (κ3) is 3.70. The van der Waals surface area contributed by atoms with Gasteiger partial charge in [0.1, 0.15) is 5.75 Å². The SMILES string of the molecule is CCOc1cccc(NCC(F)(F)c2ccccc2)c1. The lowest BCUT2D eigenvalue weighted by atomic mass is 10.1. The topological polar surface area (TPSA) is 21.3 Å². The van der Waals surface area contributed by atoms with Crippen LogP contribution in [0.25, 0.3) is 0 Å². The van der Waals surface area contributed by atoms with Crippen molar-refractivity contribution < 1.29 is 13.5 Å². The van der Waals surface area contributed by atoms with Crippen molar-refractivity contribution in [3.8, 4) is 5.75 Å². The maximum absolute atomic E-state index is 14.0. The van der Waals surface area contributed by atoms with Crippen molar-refractivity contribution in [1.29, 1.82) is 0 Å². The molecular formula is C16H17F2NO. The van der Waals surface area contributed by atoms with Gasteiger partial charge in [0.2, 0.25) is 0 Å². The number of anilines is 1. The van der Waals surface area contributed by atoms with E-state index in [1.165, 1.54) is 12.1 Å². The number of alkyl halides is 2. The quantitative estimate of drug-likeness (QED) is 0.850. The molecule has 2 nitrogen and oxygen atoms in total. The number of hydrogen-bond acceptors (Lipinski definition) is 2. The fourth-order valence-corrected chi connectivity index (χ4v) is 1.86. The molecule has 4 heteroatoms. The van der Waals surface area contributed by atoms with Crippen molar-refractivity contribution in [3.05, 3.63) is 60.2 Å². The van der Waals surface area contributed by atoms with E-state index in [0.717, 1.165) is 0 Å². The van der Waals surface area contributed by atoms with Crippen LogP contribution in [-0.2, 0) is 5.92 Å². The summed E-state index contributed by atoms with van der Waals surface area (Å²) in [5, 5.41) is 2.75. The summed E-state index contributed by atoms with van der Waals surface area (Å²) >= 11 is 0. The van der Waals surface area contributed by atoms with Crippen LogP contribution in [0.1, 0.15) is 12.5 Å². The first-order valence-electron chi connectivity index (χ1n) is 6.52. The van der Waals surface area contributed by atoms with Crippen LogP contribution in [-0.4, -0.2) is 13.2 Å². The molecule has 0 radical (unpaired) electrons. The van der Waals surface area contributed by atoms with Gasteiger partial charge in [-0.25, -0.2) is 0 Å². The fourth-order valence-electron chi connectivity index (χ4n) is 1.86. The summed E-state index contributed by atoms with van der Waals surface area (Å²) < 4.78 is 33.3. The maximum Gasteiger partial charge on any atom is 0.290 e. The molecule has 0 bridgehead atoms. The van der Waals surface area contributed by atoms with Gasteiger partial charge in [0.15, 0.2) is 0 Å². The average Bonchev–Trinajstić information content (AvgIpc) is 2.47. The molecule has 0 atom stereocenters. The molecule has 2 aromatic carbocycles. The molecule has 0 aliphatic heterocycles. The first kappa shape index (κ1) is 14.3. The molecule has 0 saturated carbocycles. The van der Waals surface area contributed by atoms with E-state index in [1.807, 2.05) is 6.92 Å². The van der Waals surface area contributed by atoms with Crippen molar-refractivity contribution >= 4 is 5.69 Å². The lowest BCUT2D eigenvalue weighted by molar-refractivity contribution is 0.0106. The second kappa shape index (κ2) is 6.37. The molecule has 0 spiro atoms. The Morgan fingerprint density at radius 3 is 2.50 bits per heavy atom. The Morgan fingerprint density at radius 1 is 1.05 bits per heavy atom. The minimum Gasteiger partial charge on any atom is -0.494 e. The normalized spacial score (nSPS) is 11.2. The molecule has 0 heterocycles. The highest BCUT2D eigenvalue weighted by Gasteiger charge is 2.30.